The van der Waals surface area contributed by atoms with Crippen LogP contribution in [0.3, 0.4) is 0 Å². The Kier molecular flexibility index (Phi) is 15.5. The highest BCUT2D eigenvalue weighted by Crippen LogP contribution is 2.42. The van der Waals surface area contributed by atoms with Crippen molar-refractivity contribution in [3.8, 4) is 33.6 Å². The van der Waals surface area contributed by atoms with Crippen molar-refractivity contribution in [2.24, 2.45) is 11.8 Å². The van der Waals surface area contributed by atoms with E-state index < -0.39 is 24.3 Å². The van der Waals surface area contributed by atoms with Gasteiger partial charge in [0.1, 0.15) is 23.7 Å². The lowest BCUT2D eigenvalue weighted by Gasteiger charge is -2.29. The van der Waals surface area contributed by atoms with Crippen LogP contribution in [0, 0.1) is 11.8 Å². The summed E-state index contributed by atoms with van der Waals surface area (Å²) in [6, 6.07) is 7.63. The summed E-state index contributed by atoms with van der Waals surface area (Å²) < 4.78 is 9.61. The Hall–Kier alpha value is -5.66. The summed E-state index contributed by atoms with van der Waals surface area (Å²) in [6.07, 6.45) is 12.5. The number of fused-ring (bicyclic) bond motifs is 2. The molecular formula is C48H66N8O6. The molecule has 0 saturated heterocycles. The lowest BCUT2D eigenvalue weighted by Crippen LogP contribution is -2.51. The second kappa shape index (κ2) is 20.9. The number of hydrogen-bond acceptors (Lipinski definition) is 8. The van der Waals surface area contributed by atoms with E-state index in [2.05, 4.69) is 44.9 Å². The van der Waals surface area contributed by atoms with Gasteiger partial charge in [0.25, 0.3) is 0 Å². The maximum atomic E-state index is 13.7. The van der Waals surface area contributed by atoms with Gasteiger partial charge in [-0.1, -0.05) is 65.8 Å². The average Bonchev–Trinajstić information content (AvgIpc) is 3.95. The van der Waals surface area contributed by atoms with Crippen molar-refractivity contribution in [3.05, 3.63) is 70.6 Å². The van der Waals surface area contributed by atoms with Crippen molar-refractivity contribution in [1.82, 2.24) is 40.4 Å². The number of nitrogens with zero attached hydrogens (tertiary/aromatic N) is 4. The summed E-state index contributed by atoms with van der Waals surface area (Å²) in [6.45, 7) is 13.4. The average molecular weight is 851 g/mol. The van der Waals surface area contributed by atoms with Gasteiger partial charge in [-0.15, -0.1) is 0 Å². The highest BCUT2D eigenvalue weighted by molar-refractivity contribution is 5.87. The number of carbonyl (C=O) groups is 4. The second-order valence-corrected chi connectivity index (χ2v) is 17.4. The van der Waals surface area contributed by atoms with E-state index in [1.165, 1.54) is 47.6 Å². The van der Waals surface area contributed by atoms with Crippen molar-refractivity contribution in [1.29, 1.82) is 0 Å². The molecule has 4 amide bonds. The van der Waals surface area contributed by atoms with Gasteiger partial charge < -0.3 is 39.9 Å². The molecule has 4 N–H and O–H groups in total. The van der Waals surface area contributed by atoms with Crippen LogP contribution in [-0.4, -0.2) is 93.1 Å². The summed E-state index contributed by atoms with van der Waals surface area (Å²) in [5, 5.41) is 5.44. The molecule has 2 aliphatic rings. The summed E-state index contributed by atoms with van der Waals surface area (Å²) in [5.74, 6) is 0.834. The Morgan fingerprint density at radius 3 is 1.26 bits per heavy atom. The summed E-state index contributed by atoms with van der Waals surface area (Å²) in [7, 11) is 2.60. The molecule has 2 aliphatic carbocycles. The van der Waals surface area contributed by atoms with Gasteiger partial charge in [0.15, 0.2) is 0 Å². The van der Waals surface area contributed by atoms with Crippen molar-refractivity contribution in [2.45, 2.75) is 131 Å². The highest BCUT2D eigenvalue weighted by Gasteiger charge is 2.32. The zero-order valence-corrected chi connectivity index (χ0v) is 37.9. The summed E-state index contributed by atoms with van der Waals surface area (Å²) in [4.78, 5) is 71.7. The number of methoxy groups -OCH3 is 2. The van der Waals surface area contributed by atoms with Crippen molar-refractivity contribution in [2.75, 3.05) is 27.3 Å². The van der Waals surface area contributed by atoms with E-state index in [0.717, 1.165) is 86.7 Å². The minimum Gasteiger partial charge on any atom is -0.453 e. The van der Waals surface area contributed by atoms with Crippen LogP contribution in [0.25, 0.3) is 33.6 Å². The zero-order valence-electron chi connectivity index (χ0n) is 37.9. The van der Waals surface area contributed by atoms with Gasteiger partial charge in [0, 0.05) is 24.2 Å². The lowest BCUT2D eigenvalue weighted by atomic mass is 9.78. The summed E-state index contributed by atoms with van der Waals surface area (Å²) in [5.41, 5.74) is 12.3. The molecular weight excluding hydrogens is 785 g/mol. The molecule has 1 unspecified atom stereocenters. The van der Waals surface area contributed by atoms with Gasteiger partial charge in [-0.05, 0) is 109 Å². The number of aromatic nitrogens is 4. The Labute approximate surface area is 366 Å². The van der Waals surface area contributed by atoms with Gasteiger partial charge in [0.2, 0.25) is 11.8 Å². The minimum atomic E-state index is -0.708. The van der Waals surface area contributed by atoms with Crippen LogP contribution >= 0.6 is 0 Å². The van der Waals surface area contributed by atoms with Gasteiger partial charge in [-0.25, -0.2) is 19.6 Å². The van der Waals surface area contributed by atoms with E-state index in [1.54, 1.807) is 9.80 Å². The molecule has 4 aromatic rings. The Morgan fingerprint density at radius 2 is 0.935 bits per heavy atom. The normalized spacial score (nSPS) is 14.4. The van der Waals surface area contributed by atoms with Crippen LogP contribution in [0.4, 0.5) is 9.59 Å². The number of carbonyl (C=O) groups excluding carboxylic acids is 4. The molecule has 2 atom stereocenters. The number of ether oxygens (including phenoxy) is 2. The van der Waals surface area contributed by atoms with E-state index in [-0.39, 0.29) is 23.7 Å². The van der Waals surface area contributed by atoms with Crippen molar-refractivity contribution >= 4 is 24.0 Å². The molecule has 14 heteroatoms. The van der Waals surface area contributed by atoms with E-state index in [1.807, 2.05) is 53.9 Å². The molecule has 0 spiro atoms. The topological polar surface area (TPSA) is 175 Å². The maximum Gasteiger partial charge on any atom is 0.407 e. The molecule has 0 aliphatic heterocycles. The monoisotopic (exact) mass is 851 g/mol. The number of imidazole rings is 2. The first-order valence-corrected chi connectivity index (χ1v) is 22.5. The number of rotatable bonds is 17. The molecule has 62 heavy (non-hydrogen) atoms. The SMILES string of the molecule is CCCN(Cc1ncc(-c2ccc(-c3ccc(-c4cnc(CN(CCC)C(=O)[C@@H](NC(=O)OC)C(C)C)[nH]4)c4c3CCCC4)c3c2CCCC3)[nH]1)C(=O)C(NC(=O)OC)C(C)C. The second-order valence-electron chi connectivity index (χ2n) is 17.4. The number of benzene rings is 2. The zero-order chi connectivity index (χ0) is 44.5. The number of aromatic amines is 2. The number of hydrogen-bond donors (Lipinski definition) is 4. The molecule has 2 heterocycles. The molecule has 2 aromatic heterocycles. The molecule has 6 rings (SSSR count). The van der Waals surface area contributed by atoms with Crippen LogP contribution < -0.4 is 10.6 Å². The standard InChI is InChI=1S/C48H66N8O6/c1-9-23-55(45(57)43(29(3)4)53-47(59)61-7)27-41-49-25-39(51-41)37-21-19-35(31-15-11-13-17-33(31)37)36-20-22-38(34-18-14-12-16-32(34)36)40-26-50-42(52-40)28-56(24-10-2)46(58)44(30(5)6)54-48(60)62-8/h19-22,25-26,29-30,43-44H,9-18,23-24,27-28H2,1-8H3,(H,49,51)(H,50,52)(H,53,59)(H,54,60)/t43-,44?/m0/s1. The molecule has 0 radical (unpaired) electrons. The molecule has 0 saturated carbocycles. The minimum absolute atomic E-state index is 0.119. The molecule has 0 bridgehead atoms. The Balaban J connectivity index is 1.27. The molecule has 0 fully saturated rings. The Bertz CT molecular complexity index is 2050. The predicted octanol–water partition coefficient (Wildman–Crippen LogP) is 8.13. The maximum absolute atomic E-state index is 13.7. The van der Waals surface area contributed by atoms with Gasteiger partial charge in [-0.3, -0.25) is 9.59 Å². The number of alkyl carbamates (subject to hydrolysis) is 2. The molecule has 334 valence electrons. The third kappa shape index (κ3) is 10.3. The van der Waals surface area contributed by atoms with E-state index in [0.29, 0.717) is 37.8 Å². The van der Waals surface area contributed by atoms with Gasteiger partial charge in [0.05, 0.1) is 51.1 Å². The first kappa shape index (κ1) is 45.9. The van der Waals surface area contributed by atoms with E-state index in [9.17, 15) is 19.2 Å². The smallest absolute Gasteiger partial charge is 0.407 e. The van der Waals surface area contributed by atoms with Crippen LogP contribution in [0.2, 0.25) is 0 Å². The third-order valence-electron chi connectivity index (χ3n) is 12.3. The number of nitrogens with one attached hydrogen (secondary N) is 4. The number of H-pyrrole nitrogens is 2. The fourth-order valence-corrected chi connectivity index (χ4v) is 9.13. The first-order valence-electron chi connectivity index (χ1n) is 22.5. The lowest BCUT2D eigenvalue weighted by molar-refractivity contribution is -0.135. The van der Waals surface area contributed by atoms with Crippen molar-refractivity contribution < 1.29 is 28.7 Å². The molecule has 14 nitrogen and oxygen atoms in total. The fraction of sp³-hybridized carbons (Fsp3) is 0.542. The van der Waals surface area contributed by atoms with Gasteiger partial charge in [-0.2, -0.15) is 0 Å². The van der Waals surface area contributed by atoms with Crippen LogP contribution in [0.5, 0.6) is 0 Å². The molecule has 2 aromatic carbocycles. The van der Waals surface area contributed by atoms with Crippen LogP contribution in [0.15, 0.2) is 36.7 Å². The fourth-order valence-electron chi connectivity index (χ4n) is 9.13. The quantitative estimate of drug-likeness (QED) is 0.0824. The third-order valence-corrected chi connectivity index (χ3v) is 12.3. The van der Waals surface area contributed by atoms with Crippen LogP contribution in [0.1, 0.15) is 114 Å². The van der Waals surface area contributed by atoms with Gasteiger partial charge >= 0.3 is 12.2 Å². The summed E-state index contributed by atoms with van der Waals surface area (Å²) >= 11 is 0. The largest absolute Gasteiger partial charge is 0.453 e. The van der Waals surface area contributed by atoms with E-state index in [4.69, 9.17) is 19.4 Å². The Morgan fingerprint density at radius 1 is 0.597 bits per heavy atom. The van der Waals surface area contributed by atoms with Crippen LogP contribution in [-0.2, 0) is 57.8 Å². The van der Waals surface area contributed by atoms with E-state index >= 15 is 0 Å². The van der Waals surface area contributed by atoms with Crippen molar-refractivity contribution in [3.63, 3.8) is 0 Å². The number of amides is 4. The highest BCUT2D eigenvalue weighted by atomic mass is 16.5. The first-order chi connectivity index (χ1) is 29.9. The predicted molar refractivity (Wildman–Crippen MR) is 240 cm³/mol.